The number of nitrogens with zero attached hydrogens (tertiary/aromatic N) is 1. The lowest BCUT2D eigenvalue weighted by atomic mass is 9.70. The SMILES string of the molecule is CCOC(=O)N1C[C@@H]2C=C[C@H]1[C@H]1C(=O)OC(=O)[C@H]12. The number of ether oxygens (including phenoxy) is 2. The Morgan fingerprint density at radius 3 is 2.83 bits per heavy atom. The summed E-state index contributed by atoms with van der Waals surface area (Å²) < 4.78 is 9.64. The van der Waals surface area contributed by atoms with Crippen molar-refractivity contribution in [2.45, 2.75) is 13.0 Å². The summed E-state index contributed by atoms with van der Waals surface area (Å²) in [6.45, 7) is 2.42. The molecule has 4 rings (SSSR count). The van der Waals surface area contributed by atoms with Crippen LogP contribution in [0.3, 0.4) is 0 Å². The number of amides is 1. The lowest BCUT2D eigenvalue weighted by molar-refractivity contribution is -0.153. The second-order valence-corrected chi connectivity index (χ2v) is 4.68. The van der Waals surface area contributed by atoms with Gasteiger partial charge in [0.25, 0.3) is 0 Å². The molecule has 2 bridgehead atoms. The minimum atomic E-state index is -0.564. The highest BCUT2D eigenvalue weighted by molar-refractivity contribution is 5.98. The first-order valence-corrected chi connectivity index (χ1v) is 6.00. The van der Waals surface area contributed by atoms with Crippen molar-refractivity contribution in [2.24, 2.45) is 17.8 Å². The van der Waals surface area contributed by atoms with Crippen LogP contribution in [0.2, 0.25) is 0 Å². The number of fused-ring (bicyclic) bond motifs is 1. The van der Waals surface area contributed by atoms with Crippen molar-refractivity contribution in [1.82, 2.24) is 4.90 Å². The Kier molecular flexibility index (Phi) is 2.39. The van der Waals surface area contributed by atoms with Crippen LogP contribution in [0.25, 0.3) is 0 Å². The molecule has 0 radical (unpaired) electrons. The molecule has 0 aromatic rings. The van der Waals surface area contributed by atoms with Crippen molar-refractivity contribution in [3.8, 4) is 0 Å². The van der Waals surface area contributed by atoms with Crippen LogP contribution in [0.15, 0.2) is 12.2 Å². The zero-order chi connectivity index (χ0) is 12.9. The highest BCUT2D eigenvalue weighted by atomic mass is 16.6. The summed E-state index contributed by atoms with van der Waals surface area (Å²) in [5, 5.41) is 0. The Morgan fingerprint density at radius 1 is 1.39 bits per heavy atom. The van der Waals surface area contributed by atoms with Crippen LogP contribution in [0, 0.1) is 17.8 Å². The zero-order valence-corrected chi connectivity index (χ0v) is 9.87. The van der Waals surface area contributed by atoms with Crippen molar-refractivity contribution in [2.75, 3.05) is 13.2 Å². The van der Waals surface area contributed by atoms with E-state index in [2.05, 4.69) is 4.74 Å². The molecule has 2 fully saturated rings. The third-order valence-electron chi connectivity index (χ3n) is 3.79. The van der Waals surface area contributed by atoms with E-state index in [4.69, 9.17) is 4.74 Å². The maximum absolute atomic E-state index is 11.8. The minimum absolute atomic E-state index is 0.150. The first-order valence-electron chi connectivity index (χ1n) is 6.00. The van der Waals surface area contributed by atoms with E-state index in [1.54, 1.807) is 13.0 Å². The Labute approximate surface area is 104 Å². The number of hydrogen-bond acceptors (Lipinski definition) is 5. The van der Waals surface area contributed by atoms with Gasteiger partial charge in [0.1, 0.15) is 0 Å². The molecule has 96 valence electrons. The van der Waals surface area contributed by atoms with Gasteiger partial charge in [0, 0.05) is 12.5 Å². The van der Waals surface area contributed by atoms with E-state index >= 15 is 0 Å². The maximum atomic E-state index is 11.8. The van der Waals surface area contributed by atoms with E-state index in [0.29, 0.717) is 6.54 Å². The van der Waals surface area contributed by atoms with Crippen LogP contribution in [0.1, 0.15) is 6.92 Å². The van der Waals surface area contributed by atoms with Gasteiger partial charge >= 0.3 is 18.0 Å². The number of cyclic esters (lactones) is 2. The van der Waals surface area contributed by atoms with Gasteiger partial charge in [0.2, 0.25) is 0 Å². The second-order valence-electron chi connectivity index (χ2n) is 4.68. The number of piperidine rings is 1. The highest BCUT2D eigenvalue weighted by Crippen LogP contribution is 2.44. The number of carbonyl (C=O) groups excluding carboxylic acids is 3. The van der Waals surface area contributed by atoms with Gasteiger partial charge in [-0.3, -0.25) is 9.59 Å². The molecule has 1 amide bonds. The van der Waals surface area contributed by atoms with Crippen molar-refractivity contribution in [3.63, 3.8) is 0 Å². The maximum Gasteiger partial charge on any atom is 0.410 e. The molecular formula is C12H13NO5. The summed E-state index contributed by atoms with van der Waals surface area (Å²) in [6, 6.07) is -0.419. The quantitative estimate of drug-likeness (QED) is 0.381. The largest absolute Gasteiger partial charge is 0.450 e. The first-order chi connectivity index (χ1) is 8.63. The average molecular weight is 251 g/mol. The average Bonchev–Trinajstić information content (AvgIpc) is 2.68. The van der Waals surface area contributed by atoms with Crippen molar-refractivity contribution in [3.05, 3.63) is 12.2 Å². The smallest absolute Gasteiger partial charge is 0.410 e. The summed E-state index contributed by atoms with van der Waals surface area (Å²) in [5.41, 5.74) is 0. The summed E-state index contributed by atoms with van der Waals surface area (Å²) in [7, 11) is 0. The van der Waals surface area contributed by atoms with Gasteiger partial charge in [-0.2, -0.15) is 0 Å². The van der Waals surface area contributed by atoms with E-state index in [0.717, 1.165) is 0 Å². The Hall–Kier alpha value is -1.85. The van der Waals surface area contributed by atoms with E-state index in [1.807, 2.05) is 6.08 Å². The molecule has 3 aliphatic heterocycles. The fourth-order valence-corrected chi connectivity index (χ4v) is 3.04. The Bertz CT molecular complexity index is 457. The van der Waals surface area contributed by atoms with Gasteiger partial charge in [-0.1, -0.05) is 12.2 Å². The van der Waals surface area contributed by atoms with Gasteiger partial charge in [0.15, 0.2) is 0 Å². The number of rotatable bonds is 1. The van der Waals surface area contributed by atoms with Crippen molar-refractivity contribution < 1.29 is 23.9 Å². The van der Waals surface area contributed by atoms with Gasteiger partial charge < -0.3 is 14.4 Å². The minimum Gasteiger partial charge on any atom is -0.450 e. The van der Waals surface area contributed by atoms with Crippen LogP contribution in [-0.4, -0.2) is 42.1 Å². The normalized spacial score (nSPS) is 36.6. The summed E-state index contributed by atoms with van der Waals surface area (Å²) in [5.74, 6) is -2.14. The summed E-state index contributed by atoms with van der Waals surface area (Å²) in [6.07, 6.45) is 3.25. The van der Waals surface area contributed by atoms with Crippen LogP contribution < -0.4 is 0 Å². The molecule has 0 unspecified atom stereocenters. The van der Waals surface area contributed by atoms with Gasteiger partial charge in [0.05, 0.1) is 24.5 Å². The molecule has 6 nitrogen and oxygen atoms in total. The molecule has 2 saturated heterocycles. The van der Waals surface area contributed by atoms with Crippen LogP contribution in [0.5, 0.6) is 0 Å². The molecule has 1 aliphatic carbocycles. The standard InChI is InChI=1S/C12H13NO5/c1-2-17-12(16)13-5-6-3-4-7(13)9-8(6)10(14)18-11(9)15/h3-4,6-9H,2,5H2,1H3/t6-,7-,8-,9+/m0/s1. The van der Waals surface area contributed by atoms with E-state index in [9.17, 15) is 14.4 Å². The molecule has 0 aromatic carbocycles. The fourth-order valence-electron chi connectivity index (χ4n) is 3.04. The molecule has 0 aromatic heterocycles. The number of hydrogen-bond donors (Lipinski definition) is 0. The summed E-state index contributed by atoms with van der Waals surface area (Å²) in [4.78, 5) is 36.6. The van der Waals surface area contributed by atoms with E-state index in [1.165, 1.54) is 4.90 Å². The van der Waals surface area contributed by atoms with Crippen molar-refractivity contribution >= 4 is 18.0 Å². The third-order valence-corrected chi connectivity index (χ3v) is 3.79. The van der Waals surface area contributed by atoms with Crippen LogP contribution in [0.4, 0.5) is 4.79 Å². The van der Waals surface area contributed by atoms with E-state index in [-0.39, 0.29) is 12.5 Å². The molecule has 0 spiro atoms. The number of carbonyl (C=O) groups is 3. The molecule has 4 aliphatic rings. The van der Waals surface area contributed by atoms with Crippen molar-refractivity contribution in [1.29, 1.82) is 0 Å². The topological polar surface area (TPSA) is 72.9 Å². The molecule has 0 saturated carbocycles. The van der Waals surface area contributed by atoms with E-state index < -0.39 is 35.9 Å². The lowest BCUT2D eigenvalue weighted by Gasteiger charge is -2.44. The first kappa shape index (κ1) is 11.3. The zero-order valence-electron chi connectivity index (χ0n) is 9.87. The van der Waals surface area contributed by atoms with Gasteiger partial charge in [-0.05, 0) is 6.92 Å². The highest BCUT2D eigenvalue weighted by Gasteiger charge is 2.58. The molecular weight excluding hydrogens is 238 g/mol. The third kappa shape index (κ3) is 1.38. The molecule has 18 heavy (non-hydrogen) atoms. The van der Waals surface area contributed by atoms with Crippen LogP contribution >= 0.6 is 0 Å². The predicted molar refractivity (Wildman–Crippen MR) is 58.2 cm³/mol. The van der Waals surface area contributed by atoms with Crippen LogP contribution in [-0.2, 0) is 19.1 Å². The Morgan fingerprint density at radius 2 is 2.11 bits per heavy atom. The second kappa shape index (κ2) is 3.83. The molecule has 6 heteroatoms. The molecule has 0 N–H and O–H groups in total. The number of esters is 2. The van der Waals surface area contributed by atoms with Gasteiger partial charge in [-0.15, -0.1) is 0 Å². The fraction of sp³-hybridized carbons (Fsp3) is 0.583. The predicted octanol–water partition coefficient (Wildman–Crippen LogP) is 0.329. The molecule has 3 heterocycles. The van der Waals surface area contributed by atoms with Gasteiger partial charge in [-0.25, -0.2) is 4.79 Å². The summed E-state index contributed by atoms with van der Waals surface area (Å²) >= 11 is 0. The lowest BCUT2D eigenvalue weighted by Crippen LogP contribution is -2.58. The monoisotopic (exact) mass is 251 g/mol. The Balaban J connectivity index is 1.90. The molecule has 4 atom stereocenters.